The van der Waals surface area contributed by atoms with Gasteiger partial charge >= 0.3 is 0 Å². The zero-order valence-electron chi connectivity index (χ0n) is 5.52. The van der Waals surface area contributed by atoms with Crippen molar-refractivity contribution < 1.29 is 0 Å². The molecule has 0 aliphatic heterocycles. The van der Waals surface area contributed by atoms with E-state index in [4.69, 9.17) is 11.1 Å². The molecule has 0 saturated carbocycles. The van der Waals surface area contributed by atoms with Crippen LogP contribution >= 0.6 is 11.1 Å². The van der Waals surface area contributed by atoms with E-state index in [1.807, 2.05) is 0 Å². The topological polar surface area (TPSA) is 0 Å². The minimum Gasteiger partial charge on any atom is -0.171 e. The van der Waals surface area contributed by atoms with Crippen LogP contribution in [0.15, 0.2) is 11.8 Å². The van der Waals surface area contributed by atoms with E-state index < -0.39 is 0 Å². The van der Waals surface area contributed by atoms with E-state index in [1.54, 1.807) is 0 Å². The first-order valence-electron chi connectivity index (χ1n) is 3.03. The predicted octanol–water partition coefficient (Wildman–Crippen LogP) is 1.87. The van der Waals surface area contributed by atoms with Crippen molar-refractivity contribution in [2.45, 2.75) is 20.3 Å². The van der Waals surface area contributed by atoms with Gasteiger partial charge in [0.2, 0.25) is 0 Å². The van der Waals surface area contributed by atoms with E-state index in [-0.39, 0.29) is 8.83 Å². The van der Waals surface area contributed by atoms with Crippen LogP contribution in [0.25, 0.3) is 0 Å². The highest BCUT2D eigenvalue weighted by molar-refractivity contribution is 6.96. The number of rotatable bonds is 3. The van der Waals surface area contributed by atoms with Gasteiger partial charge in [-0.15, -0.1) is 0 Å². The van der Waals surface area contributed by atoms with Crippen LogP contribution in [0.2, 0.25) is 0 Å². The van der Waals surface area contributed by atoms with E-state index >= 15 is 0 Å². The Morgan fingerprint density at radius 1 is 1.75 bits per heavy atom. The maximum atomic E-state index is 5.55. The highest BCUT2D eigenvalue weighted by atomic mass is 35.6. The summed E-state index contributed by atoms with van der Waals surface area (Å²) >= 11 is 5.55. The van der Waals surface area contributed by atoms with Crippen LogP contribution in [0.3, 0.4) is 0 Å². The zero-order valence-corrected chi connectivity index (χ0v) is 7.69. The van der Waals surface area contributed by atoms with Crippen molar-refractivity contribution in [2.24, 2.45) is 5.92 Å². The van der Waals surface area contributed by atoms with Crippen molar-refractivity contribution in [3.63, 3.8) is 0 Å². The minimum absolute atomic E-state index is 0.346. The fraction of sp³-hybridized carbons (Fsp3) is 0.667. The largest absolute Gasteiger partial charge is 0.171 e. The molecule has 0 rings (SSSR count). The summed E-state index contributed by atoms with van der Waals surface area (Å²) in [4.78, 5) is 0. The molecule has 2 heteroatoms. The van der Waals surface area contributed by atoms with Crippen molar-refractivity contribution in [1.29, 1.82) is 0 Å². The van der Waals surface area contributed by atoms with Crippen LogP contribution in [0.1, 0.15) is 20.3 Å². The molecule has 0 heterocycles. The Morgan fingerprint density at radius 2 is 2.38 bits per heavy atom. The molecule has 1 unspecified atom stereocenters. The monoisotopic (exact) mass is 148 g/mol. The molecule has 0 amide bonds. The van der Waals surface area contributed by atoms with Gasteiger partial charge in [-0.2, -0.15) is 11.1 Å². The molecule has 0 saturated heterocycles. The highest BCUT2D eigenvalue weighted by Gasteiger charge is 1.87. The van der Waals surface area contributed by atoms with E-state index in [2.05, 4.69) is 25.6 Å². The zero-order chi connectivity index (χ0) is 6.41. The van der Waals surface area contributed by atoms with Gasteiger partial charge in [-0.1, -0.05) is 32.0 Å². The Hall–Kier alpha value is 0.247. The van der Waals surface area contributed by atoms with Crippen LogP contribution < -0.4 is 0 Å². The lowest BCUT2D eigenvalue weighted by Gasteiger charge is -1.96. The van der Waals surface area contributed by atoms with E-state index in [0.29, 0.717) is 0 Å². The first-order chi connectivity index (χ1) is 3.81. The molecule has 0 radical (unpaired) electrons. The molecule has 0 aromatic rings. The van der Waals surface area contributed by atoms with E-state index in [9.17, 15) is 0 Å². The normalized spacial score (nSPS) is 16.4. The molecule has 48 valence electrons. The molecular formula is C6H13ClSi. The third-order valence-corrected chi connectivity index (χ3v) is 2.18. The SMILES string of the molecule is CCC(C)C=C[SiH2]Cl. The molecule has 1 atom stereocenters. The summed E-state index contributed by atoms with van der Waals surface area (Å²) in [5, 5.41) is 0. The standard InChI is InChI=1S/C6H13ClSi/c1-3-6(2)4-5-8-7/h4-6H,3,8H2,1-2H3. The van der Waals surface area contributed by atoms with E-state index in [0.717, 1.165) is 5.92 Å². The molecule has 0 spiro atoms. The predicted molar refractivity (Wildman–Crippen MR) is 43.0 cm³/mol. The molecule has 0 nitrogen and oxygen atoms in total. The van der Waals surface area contributed by atoms with Gasteiger partial charge < -0.3 is 0 Å². The van der Waals surface area contributed by atoms with Crippen LogP contribution in [0.5, 0.6) is 0 Å². The maximum absolute atomic E-state index is 5.55. The van der Waals surface area contributed by atoms with Crippen molar-refractivity contribution in [1.82, 2.24) is 0 Å². The first-order valence-corrected chi connectivity index (χ1v) is 5.99. The quantitative estimate of drug-likeness (QED) is 0.424. The smallest absolute Gasteiger partial charge is 0.148 e. The van der Waals surface area contributed by atoms with Crippen molar-refractivity contribution in [3.8, 4) is 0 Å². The van der Waals surface area contributed by atoms with Crippen molar-refractivity contribution in [3.05, 3.63) is 11.8 Å². The van der Waals surface area contributed by atoms with Gasteiger partial charge in [0.15, 0.2) is 0 Å². The maximum Gasteiger partial charge on any atom is 0.148 e. The Kier molecular flexibility index (Phi) is 5.55. The minimum atomic E-state index is -0.346. The lowest BCUT2D eigenvalue weighted by molar-refractivity contribution is 0.699. The van der Waals surface area contributed by atoms with Gasteiger partial charge in [-0.3, -0.25) is 0 Å². The van der Waals surface area contributed by atoms with Crippen LogP contribution in [0.4, 0.5) is 0 Å². The number of allylic oxidation sites excluding steroid dienone is 1. The number of hydrogen-bond acceptors (Lipinski definition) is 0. The van der Waals surface area contributed by atoms with Gasteiger partial charge in [0, 0.05) is 0 Å². The molecular weight excluding hydrogens is 136 g/mol. The summed E-state index contributed by atoms with van der Waals surface area (Å²) in [5.74, 6) is 0.723. The third kappa shape index (κ3) is 4.41. The summed E-state index contributed by atoms with van der Waals surface area (Å²) in [6.07, 6.45) is 3.43. The van der Waals surface area contributed by atoms with Crippen LogP contribution in [-0.4, -0.2) is 8.83 Å². The third-order valence-electron chi connectivity index (χ3n) is 1.20. The molecule has 0 N–H and O–H groups in total. The van der Waals surface area contributed by atoms with E-state index in [1.165, 1.54) is 6.42 Å². The molecule has 8 heavy (non-hydrogen) atoms. The summed E-state index contributed by atoms with van der Waals surface area (Å²) in [7, 11) is -0.346. The average molecular weight is 149 g/mol. The fourth-order valence-electron chi connectivity index (χ4n) is 0.420. The number of halogens is 1. The molecule has 0 fully saturated rings. The van der Waals surface area contributed by atoms with Crippen molar-refractivity contribution in [2.75, 3.05) is 0 Å². The Morgan fingerprint density at radius 3 is 2.75 bits per heavy atom. The number of hydrogen-bond donors (Lipinski definition) is 0. The summed E-state index contributed by atoms with van der Waals surface area (Å²) in [5.41, 5.74) is 2.13. The summed E-state index contributed by atoms with van der Waals surface area (Å²) in [6.45, 7) is 4.39. The molecule has 0 aliphatic carbocycles. The van der Waals surface area contributed by atoms with Gasteiger partial charge in [-0.25, -0.2) is 0 Å². The van der Waals surface area contributed by atoms with Gasteiger partial charge in [-0.05, 0) is 5.92 Å². The van der Waals surface area contributed by atoms with Gasteiger partial charge in [0.1, 0.15) is 8.83 Å². The Bertz CT molecular complexity index is 70.9. The molecule has 0 aromatic carbocycles. The lowest BCUT2D eigenvalue weighted by Crippen LogP contribution is -1.84. The van der Waals surface area contributed by atoms with Crippen molar-refractivity contribution >= 4 is 19.9 Å². The second kappa shape index (κ2) is 5.38. The Balaban J connectivity index is 3.21. The second-order valence-corrected chi connectivity index (χ2v) is 3.67. The summed E-state index contributed by atoms with van der Waals surface area (Å²) in [6, 6.07) is 0. The van der Waals surface area contributed by atoms with Crippen LogP contribution in [0, 0.1) is 5.92 Å². The molecule has 0 aliphatic rings. The first kappa shape index (κ1) is 8.25. The lowest BCUT2D eigenvalue weighted by atomic mass is 10.1. The van der Waals surface area contributed by atoms with Crippen LogP contribution in [-0.2, 0) is 0 Å². The second-order valence-electron chi connectivity index (χ2n) is 1.97. The average Bonchev–Trinajstić information content (AvgIpc) is 1.83. The molecule has 0 aromatic heterocycles. The van der Waals surface area contributed by atoms with Gasteiger partial charge in [0.05, 0.1) is 0 Å². The highest BCUT2D eigenvalue weighted by Crippen LogP contribution is 2.00. The summed E-state index contributed by atoms with van der Waals surface area (Å²) < 4.78 is 0. The molecule has 0 bridgehead atoms. The Labute approximate surface area is 58.5 Å². The fourth-order valence-corrected chi connectivity index (χ4v) is 1.30. The van der Waals surface area contributed by atoms with Gasteiger partial charge in [0.25, 0.3) is 0 Å².